The molecule has 70 valence electrons. The van der Waals surface area contributed by atoms with Crippen molar-refractivity contribution in [3.05, 3.63) is 16.7 Å². The van der Waals surface area contributed by atoms with Crippen molar-refractivity contribution in [2.45, 2.75) is 20.8 Å². The zero-order valence-electron chi connectivity index (χ0n) is 7.79. The van der Waals surface area contributed by atoms with E-state index in [1.807, 2.05) is 13.8 Å². The van der Waals surface area contributed by atoms with E-state index in [9.17, 15) is 4.79 Å². The Bertz CT molecular complexity index is 343. The summed E-state index contributed by atoms with van der Waals surface area (Å²) in [5.74, 6) is -0.126. The molecule has 0 aliphatic heterocycles. The molecular formula is C8H11N3OS. The van der Waals surface area contributed by atoms with E-state index >= 15 is 0 Å². The molecule has 0 fully saturated rings. The van der Waals surface area contributed by atoms with Gasteiger partial charge >= 0.3 is 0 Å². The van der Waals surface area contributed by atoms with Crippen LogP contribution in [0.15, 0.2) is 11.6 Å². The molecule has 0 spiro atoms. The fourth-order valence-electron chi connectivity index (χ4n) is 0.674. The lowest BCUT2D eigenvalue weighted by Crippen LogP contribution is -2.12. The molecule has 1 heterocycles. The first-order chi connectivity index (χ1) is 6.13. The lowest BCUT2D eigenvalue weighted by molar-refractivity contribution is -0.112. The minimum absolute atomic E-state index is 0.126. The molecule has 1 aromatic rings. The lowest BCUT2D eigenvalue weighted by Gasteiger charge is -1.98. The Balaban J connectivity index is 2.65. The molecule has 0 saturated carbocycles. The number of carbonyl (C=O) groups excluding carboxylic acids is 1. The highest BCUT2D eigenvalue weighted by Gasteiger charge is 2.06. The number of anilines is 1. The molecule has 0 unspecified atom stereocenters. The smallest absolute Gasteiger partial charge is 0.252 e. The summed E-state index contributed by atoms with van der Waals surface area (Å²) in [6.45, 7) is 5.42. The first-order valence-corrected chi connectivity index (χ1v) is 4.69. The van der Waals surface area contributed by atoms with Gasteiger partial charge in [0.2, 0.25) is 5.13 Å². The molecule has 4 nitrogen and oxygen atoms in total. The van der Waals surface area contributed by atoms with Crippen molar-refractivity contribution in [2.75, 3.05) is 5.32 Å². The quantitative estimate of drug-likeness (QED) is 0.735. The maximum absolute atomic E-state index is 11.3. The Morgan fingerprint density at radius 1 is 1.54 bits per heavy atom. The van der Waals surface area contributed by atoms with Gasteiger partial charge in [0.1, 0.15) is 5.01 Å². The van der Waals surface area contributed by atoms with Crippen molar-refractivity contribution in [2.24, 2.45) is 0 Å². The van der Waals surface area contributed by atoms with Crippen LogP contribution >= 0.6 is 11.3 Å². The Morgan fingerprint density at radius 3 is 2.69 bits per heavy atom. The summed E-state index contributed by atoms with van der Waals surface area (Å²) >= 11 is 1.36. The van der Waals surface area contributed by atoms with E-state index < -0.39 is 0 Å². The number of hydrogen-bond donors (Lipinski definition) is 1. The molecule has 5 heteroatoms. The maximum atomic E-state index is 11.3. The topological polar surface area (TPSA) is 54.9 Å². The van der Waals surface area contributed by atoms with Crippen molar-refractivity contribution in [3.63, 3.8) is 0 Å². The third kappa shape index (κ3) is 2.62. The van der Waals surface area contributed by atoms with Crippen LogP contribution in [0.1, 0.15) is 18.9 Å². The third-order valence-corrected chi connectivity index (χ3v) is 2.29. The molecule has 1 rings (SSSR count). The molecule has 1 N–H and O–H groups in total. The van der Waals surface area contributed by atoms with Crippen molar-refractivity contribution in [3.8, 4) is 0 Å². The molecule has 0 aliphatic carbocycles. The van der Waals surface area contributed by atoms with Gasteiger partial charge in [-0.2, -0.15) is 0 Å². The second-order valence-corrected chi connectivity index (χ2v) is 3.73. The number of aromatic nitrogens is 2. The fraction of sp³-hybridized carbons (Fsp3) is 0.375. The minimum atomic E-state index is -0.126. The second kappa shape index (κ2) is 4.13. The average molecular weight is 197 g/mol. The number of nitrogens with one attached hydrogen (secondary N) is 1. The normalized spacial score (nSPS) is 11.5. The van der Waals surface area contributed by atoms with E-state index in [2.05, 4.69) is 15.5 Å². The van der Waals surface area contributed by atoms with Gasteiger partial charge in [-0.1, -0.05) is 17.4 Å². The zero-order chi connectivity index (χ0) is 9.84. The molecule has 0 atom stereocenters. The van der Waals surface area contributed by atoms with E-state index in [1.54, 1.807) is 13.0 Å². The molecular weight excluding hydrogens is 186 g/mol. The highest BCUT2D eigenvalue weighted by atomic mass is 32.1. The average Bonchev–Trinajstić information content (AvgIpc) is 2.49. The van der Waals surface area contributed by atoms with E-state index in [0.29, 0.717) is 10.7 Å². The molecule has 0 radical (unpaired) electrons. The molecule has 1 aromatic heterocycles. The van der Waals surface area contributed by atoms with Crippen molar-refractivity contribution in [1.82, 2.24) is 10.2 Å². The first-order valence-electron chi connectivity index (χ1n) is 3.88. The Hall–Kier alpha value is -1.23. The zero-order valence-corrected chi connectivity index (χ0v) is 8.60. The number of allylic oxidation sites excluding steroid dienone is 1. The number of carbonyl (C=O) groups is 1. The number of hydrogen-bond acceptors (Lipinski definition) is 4. The van der Waals surface area contributed by atoms with Crippen LogP contribution in [0.3, 0.4) is 0 Å². The summed E-state index contributed by atoms with van der Waals surface area (Å²) in [7, 11) is 0. The van der Waals surface area contributed by atoms with Gasteiger partial charge in [0.05, 0.1) is 0 Å². The summed E-state index contributed by atoms with van der Waals surface area (Å²) in [5.41, 5.74) is 0.674. The number of nitrogens with zero attached hydrogens (tertiary/aromatic N) is 2. The van der Waals surface area contributed by atoms with Crippen molar-refractivity contribution in [1.29, 1.82) is 0 Å². The van der Waals surface area contributed by atoms with Crippen LogP contribution < -0.4 is 5.32 Å². The largest absolute Gasteiger partial charge is 0.297 e. The minimum Gasteiger partial charge on any atom is -0.297 e. The summed E-state index contributed by atoms with van der Waals surface area (Å²) in [6, 6.07) is 0. The van der Waals surface area contributed by atoms with Crippen LogP contribution in [0.25, 0.3) is 0 Å². The van der Waals surface area contributed by atoms with Gasteiger partial charge in [-0.25, -0.2) is 0 Å². The van der Waals surface area contributed by atoms with Crippen LogP contribution in [0, 0.1) is 6.92 Å². The monoisotopic (exact) mass is 197 g/mol. The van der Waals surface area contributed by atoms with Gasteiger partial charge in [0.25, 0.3) is 5.91 Å². The summed E-state index contributed by atoms with van der Waals surface area (Å²) < 4.78 is 0. The second-order valence-electron chi connectivity index (χ2n) is 2.55. The Labute approximate surface area is 80.7 Å². The van der Waals surface area contributed by atoms with Crippen molar-refractivity contribution >= 4 is 22.4 Å². The van der Waals surface area contributed by atoms with E-state index in [-0.39, 0.29) is 5.91 Å². The standard InChI is InChI=1S/C8H11N3OS/c1-4-5(2)7(12)9-8-11-10-6(3)13-8/h4H,1-3H3,(H,9,11,12)/b5-4-. The van der Waals surface area contributed by atoms with Crippen LogP contribution in [0.2, 0.25) is 0 Å². The van der Waals surface area contributed by atoms with Crippen LogP contribution in [-0.4, -0.2) is 16.1 Å². The lowest BCUT2D eigenvalue weighted by atomic mass is 10.3. The summed E-state index contributed by atoms with van der Waals surface area (Å²) in [6.07, 6.45) is 1.75. The number of rotatable bonds is 2. The highest BCUT2D eigenvalue weighted by molar-refractivity contribution is 7.15. The molecule has 0 aromatic carbocycles. The fourth-order valence-corrected chi connectivity index (χ4v) is 1.26. The van der Waals surface area contributed by atoms with Crippen LogP contribution in [0.5, 0.6) is 0 Å². The van der Waals surface area contributed by atoms with Gasteiger partial charge in [0, 0.05) is 5.57 Å². The van der Waals surface area contributed by atoms with Crippen LogP contribution in [0.4, 0.5) is 5.13 Å². The number of amides is 1. The van der Waals surface area contributed by atoms with Gasteiger partial charge in [-0.3, -0.25) is 10.1 Å². The molecule has 0 bridgehead atoms. The van der Waals surface area contributed by atoms with E-state index in [0.717, 1.165) is 5.01 Å². The number of aryl methyl sites for hydroxylation is 1. The van der Waals surface area contributed by atoms with E-state index in [4.69, 9.17) is 0 Å². The SMILES string of the molecule is C/C=C(/C)C(=O)Nc1nnc(C)s1. The predicted octanol–water partition coefficient (Wildman–Crippen LogP) is 1.75. The van der Waals surface area contributed by atoms with Gasteiger partial charge in [0.15, 0.2) is 0 Å². The van der Waals surface area contributed by atoms with Gasteiger partial charge in [-0.15, -0.1) is 10.2 Å². The van der Waals surface area contributed by atoms with Gasteiger partial charge < -0.3 is 0 Å². The summed E-state index contributed by atoms with van der Waals surface area (Å²) in [4.78, 5) is 11.3. The highest BCUT2D eigenvalue weighted by Crippen LogP contribution is 2.14. The van der Waals surface area contributed by atoms with E-state index in [1.165, 1.54) is 11.3 Å². The van der Waals surface area contributed by atoms with Crippen molar-refractivity contribution < 1.29 is 4.79 Å². The molecule has 0 saturated heterocycles. The van der Waals surface area contributed by atoms with Gasteiger partial charge in [-0.05, 0) is 20.8 Å². The Kier molecular flexibility index (Phi) is 3.13. The third-order valence-electron chi connectivity index (χ3n) is 1.54. The predicted molar refractivity (Wildman–Crippen MR) is 52.7 cm³/mol. The summed E-state index contributed by atoms with van der Waals surface area (Å²) in [5, 5.41) is 11.6. The molecule has 0 aliphatic rings. The molecule has 1 amide bonds. The maximum Gasteiger partial charge on any atom is 0.252 e. The first kappa shape index (κ1) is 9.85. The Morgan fingerprint density at radius 2 is 2.23 bits per heavy atom. The van der Waals surface area contributed by atoms with Crippen LogP contribution in [-0.2, 0) is 4.79 Å². The molecule has 13 heavy (non-hydrogen) atoms.